The molecule has 0 spiro atoms. The number of hydrogen-bond donors (Lipinski definition) is 3. The highest BCUT2D eigenvalue weighted by atomic mass is 16.3. The maximum Gasteiger partial charge on any atom is 0.329 e. The molecule has 1 atom stereocenters. The molecule has 1 unspecified atom stereocenters. The summed E-state index contributed by atoms with van der Waals surface area (Å²) >= 11 is 0. The van der Waals surface area contributed by atoms with E-state index in [1.54, 1.807) is 49.4 Å². The van der Waals surface area contributed by atoms with Crippen molar-refractivity contribution in [2.24, 2.45) is 0 Å². The van der Waals surface area contributed by atoms with E-state index in [1.165, 1.54) is 4.90 Å². The fourth-order valence-corrected chi connectivity index (χ4v) is 4.29. The van der Waals surface area contributed by atoms with Crippen molar-refractivity contribution in [3.05, 3.63) is 116 Å². The van der Waals surface area contributed by atoms with Gasteiger partial charge in [-0.05, 0) is 48.4 Å². The van der Waals surface area contributed by atoms with Crippen molar-refractivity contribution in [2.45, 2.75) is 19.4 Å². The first-order chi connectivity index (χ1) is 18.4. The largest absolute Gasteiger partial charge is 0.395 e. The Morgan fingerprint density at radius 3 is 2.32 bits per heavy atom. The molecule has 0 fully saturated rings. The Morgan fingerprint density at radius 1 is 0.974 bits per heavy atom. The van der Waals surface area contributed by atoms with Crippen LogP contribution in [0.4, 0.5) is 0 Å². The number of hydrogen-bond acceptors (Lipinski definition) is 5. The minimum absolute atomic E-state index is 0.109. The molecule has 38 heavy (non-hydrogen) atoms. The molecule has 0 aliphatic rings. The number of aromatic amines is 1. The number of rotatable bonds is 8. The van der Waals surface area contributed by atoms with Gasteiger partial charge in [0.05, 0.1) is 30.2 Å². The van der Waals surface area contributed by atoms with Crippen molar-refractivity contribution in [2.75, 3.05) is 26.3 Å². The van der Waals surface area contributed by atoms with Crippen LogP contribution in [0.15, 0.2) is 82.4 Å². The van der Waals surface area contributed by atoms with Gasteiger partial charge >= 0.3 is 5.69 Å². The summed E-state index contributed by atoms with van der Waals surface area (Å²) in [4.78, 5) is 43.1. The molecule has 0 radical (unpaired) electrons. The molecule has 0 saturated heterocycles. The molecule has 1 aromatic heterocycles. The molecule has 0 aliphatic heterocycles. The van der Waals surface area contributed by atoms with Crippen LogP contribution < -0.4 is 11.2 Å². The second-order valence-corrected chi connectivity index (χ2v) is 8.87. The number of amides is 1. The quantitative estimate of drug-likeness (QED) is 0.314. The fraction of sp³-hybridized carbons (Fsp3) is 0.233. The summed E-state index contributed by atoms with van der Waals surface area (Å²) in [5.74, 6) is 5.89. The third kappa shape index (κ3) is 5.92. The molecule has 4 aromatic rings. The lowest BCUT2D eigenvalue weighted by Crippen LogP contribution is -2.37. The zero-order chi connectivity index (χ0) is 27.1. The van der Waals surface area contributed by atoms with Crippen molar-refractivity contribution < 1.29 is 15.0 Å². The van der Waals surface area contributed by atoms with Gasteiger partial charge in [0, 0.05) is 30.6 Å². The Balaban J connectivity index is 1.61. The molecule has 8 nitrogen and oxygen atoms in total. The summed E-state index contributed by atoms with van der Waals surface area (Å²) in [6, 6.07) is 21.0. The topological polar surface area (TPSA) is 116 Å². The molecule has 1 amide bonds. The number of nitrogens with one attached hydrogen (secondary N) is 1. The summed E-state index contributed by atoms with van der Waals surface area (Å²) in [5, 5.41) is 18.7. The Kier molecular flexibility index (Phi) is 8.54. The predicted molar refractivity (Wildman–Crippen MR) is 146 cm³/mol. The first kappa shape index (κ1) is 26.6. The van der Waals surface area contributed by atoms with Crippen LogP contribution in [0.1, 0.15) is 40.0 Å². The number of aliphatic hydroxyl groups is 2. The van der Waals surface area contributed by atoms with E-state index < -0.39 is 17.3 Å². The Morgan fingerprint density at radius 2 is 1.66 bits per heavy atom. The van der Waals surface area contributed by atoms with Gasteiger partial charge in [0.1, 0.15) is 0 Å². The van der Waals surface area contributed by atoms with Crippen molar-refractivity contribution in [1.82, 2.24) is 14.5 Å². The van der Waals surface area contributed by atoms with Crippen LogP contribution in [0, 0.1) is 11.8 Å². The second-order valence-electron chi connectivity index (χ2n) is 8.87. The van der Waals surface area contributed by atoms with Gasteiger partial charge in [-0.2, -0.15) is 0 Å². The first-order valence-corrected chi connectivity index (χ1v) is 12.3. The maximum atomic E-state index is 13.4. The summed E-state index contributed by atoms with van der Waals surface area (Å²) in [5.41, 5.74) is 2.30. The highest BCUT2D eigenvalue weighted by molar-refractivity contribution is 5.94. The Labute approximate surface area is 219 Å². The maximum absolute atomic E-state index is 13.4. The van der Waals surface area contributed by atoms with Crippen LogP contribution in [0.2, 0.25) is 0 Å². The van der Waals surface area contributed by atoms with Gasteiger partial charge in [-0.25, -0.2) is 4.79 Å². The molecule has 1 heterocycles. The van der Waals surface area contributed by atoms with Gasteiger partial charge < -0.3 is 20.1 Å². The van der Waals surface area contributed by atoms with E-state index in [2.05, 4.69) is 16.8 Å². The molecular formula is C30H29N3O5. The third-order valence-electron chi connectivity index (χ3n) is 6.35. The molecule has 8 heteroatoms. The van der Waals surface area contributed by atoms with Gasteiger partial charge in [-0.3, -0.25) is 14.2 Å². The number of carbonyl (C=O) groups is 1. The van der Waals surface area contributed by atoms with E-state index in [9.17, 15) is 24.6 Å². The Bertz CT molecular complexity index is 1590. The van der Waals surface area contributed by atoms with E-state index in [4.69, 9.17) is 0 Å². The van der Waals surface area contributed by atoms with E-state index in [0.717, 1.165) is 10.1 Å². The zero-order valence-electron chi connectivity index (χ0n) is 21.1. The molecule has 0 saturated carbocycles. The van der Waals surface area contributed by atoms with Crippen molar-refractivity contribution in [3.8, 4) is 11.8 Å². The van der Waals surface area contributed by atoms with Gasteiger partial charge in [0.15, 0.2) is 0 Å². The molecular weight excluding hydrogens is 482 g/mol. The van der Waals surface area contributed by atoms with Crippen LogP contribution in [0.5, 0.6) is 0 Å². The van der Waals surface area contributed by atoms with Crippen LogP contribution >= 0.6 is 0 Å². The minimum Gasteiger partial charge on any atom is -0.395 e. The van der Waals surface area contributed by atoms with E-state index in [1.807, 2.05) is 30.3 Å². The third-order valence-corrected chi connectivity index (χ3v) is 6.35. The smallest absolute Gasteiger partial charge is 0.329 e. The lowest BCUT2D eigenvalue weighted by atomic mass is 10.0. The highest BCUT2D eigenvalue weighted by Gasteiger charge is 2.18. The van der Waals surface area contributed by atoms with Crippen molar-refractivity contribution >= 4 is 16.8 Å². The first-order valence-electron chi connectivity index (χ1n) is 12.3. The summed E-state index contributed by atoms with van der Waals surface area (Å²) < 4.78 is 1.16. The fourth-order valence-electron chi connectivity index (χ4n) is 4.29. The van der Waals surface area contributed by atoms with Gasteiger partial charge in [-0.15, -0.1) is 0 Å². The van der Waals surface area contributed by atoms with Crippen LogP contribution in [-0.4, -0.2) is 56.9 Å². The summed E-state index contributed by atoms with van der Waals surface area (Å²) in [6.45, 7) is 1.53. The van der Waals surface area contributed by atoms with E-state index in [-0.39, 0.29) is 32.2 Å². The van der Waals surface area contributed by atoms with Gasteiger partial charge in [0.25, 0.3) is 11.5 Å². The Hall–Kier alpha value is -4.45. The number of carbonyl (C=O) groups excluding carboxylic acids is 1. The van der Waals surface area contributed by atoms with Crippen LogP contribution in [0.3, 0.4) is 0 Å². The predicted octanol–water partition coefficient (Wildman–Crippen LogP) is 2.32. The minimum atomic E-state index is -0.599. The number of benzene rings is 3. The number of fused-ring (bicyclic) bond motifs is 1. The number of nitrogens with zero attached hydrogens (tertiary/aromatic N) is 2. The molecule has 3 aromatic carbocycles. The monoisotopic (exact) mass is 511 g/mol. The van der Waals surface area contributed by atoms with Crippen molar-refractivity contribution in [3.63, 3.8) is 0 Å². The average Bonchev–Trinajstić information content (AvgIpc) is 2.93. The number of aliphatic hydroxyl groups excluding tert-OH is 2. The lowest BCUT2D eigenvalue weighted by molar-refractivity contribution is 0.0685. The average molecular weight is 512 g/mol. The summed E-state index contributed by atoms with van der Waals surface area (Å²) in [7, 11) is 0. The molecule has 3 N–H and O–H groups in total. The lowest BCUT2D eigenvalue weighted by Gasteiger charge is -2.21. The molecule has 4 rings (SSSR count). The van der Waals surface area contributed by atoms with Gasteiger partial charge in [0.2, 0.25) is 0 Å². The van der Waals surface area contributed by atoms with Crippen LogP contribution in [0.25, 0.3) is 10.9 Å². The zero-order valence-corrected chi connectivity index (χ0v) is 21.1. The number of H-pyrrole nitrogens is 1. The SMILES string of the molecule is CC(c1ccc(C(=O)N(CCO)CCO)cc1)n1c(=O)[nH]c2ccc(C#CCc3ccccc3)cc2c1=O. The molecule has 194 valence electrons. The molecule has 0 aliphatic carbocycles. The van der Waals surface area contributed by atoms with Gasteiger partial charge in [-0.1, -0.05) is 54.3 Å². The number of aromatic nitrogens is 2. The van der Waals surface area contributed by atoms with Crippen LogP contribution in [-0.2, 0) is 6.42 Å². The van der Waals surface area contributed by atoms with E-state index in [0.29, 0.717) is 34.0 Å². The van der Waals surface area contributed by atoms with E-state index >= 15 is 0 Å². The second kappa shape index (κ2) is 12.2. The van der Waals surface area contributed by atoms with Crippen molar-refractivity contribution in [1.29, 1.82) is 0 Å². The molecule has 0 bridgehead atoms. The summed E-state index contributed by atoms with van der Waals surface area (Å²) in [6.07, 6.45) is 0.585. The highest BCUT2D eigenvalue weighted by Crippen LogP contribution is 2.18. The normalized spacial score (nSPS) is 11.6. The standard InChI is InChI=1S/C30H29N3O5/c1-21(24-11-13-25(14-12-24)28(36)32(16-18-34)17-19-35)33-29(37)26-20-23(10-15-27(26)31-30(33)38)9-5-8-22-6-3-2-4-7-22/h2-4,6-7,10-15,20-21,34-35H,8,16-19H2,1H3,(H,31,38).